The minimum atomic E-state index is 0.00592. The molecule has 2 aromatic carbocycles. The normalized spacial score (nSPS) is 18.1. The number of benzene rings is 2. The zero-order chi connectivity index (χ0) is 10.3. The molecule has 74 valence electrons. The molecule has 1 aliphatic rings. The van der Waals surface area contributed by atoms with Crippen LogP contribution in [0, 0.1) is 0 Å². The zero-order valence-electron chi connectivity index (χ0n) is 8.77. The molecule has 1 heterocycles. The first kappa shape index (κ1) is 9.12. The van der Waals surface area contributed by atoms with Crippen LogP contribution in [0.2, 0.25) is 0 Å². The second-order valence-electron chi connectivity index (χ2n) is 4.03. The standard InChI is InChI=1S/C14H13P/c1-15-10-11-6-2-3-7-12(11)13-8-4-5-9-14(13)15/h2-9H,10H2,1H3. The Morgan fingerprint density at radius 2 is 1.53 bits per heavy atom. The van der Waals surface area contributed by atoms with E-state index in [9.17, 15) is 0 Å². The van der Waals surface area contributed by atoms with Crippen LogP contribution in [-0.2, 0) is 6.16 Å². The summed E-state index contributed by atoms with van der Waals surface area (Å²) in [4.78, 5) is 0. The van der Waals surface area contributed by atoms with Gasteiger partial charge in [0, 0.05) is 0 Å². The van der Waals surface area contributed by atoms with Crippen LogP contribution < -0.4 is 5.30 Å². The zero-order valence-corrected chi connectivity index (χ0v) is 9.67. The Kier molecular flexibility index (Phi) is 2.11. The molecule has 0 nitrogen and oxygen atoms in total. The molecule has 1 aliphatic heterocycles. The average Bonchev–Trinajstić information content (AvgIpc) is 2.30. The van der Waals surface area contributed by atoms with Crippen LogP contribution in [0.1, 0.15) is 5.56 Å². The first-order valence-corrected chi connectivity index (χ1v) is 7.22. The summed E-state index contributed by atoms with van der Waals surface area (Å²) in [6.45, 7) is 2.38. The summed E-state index contributed by atoms with van der Waals surface area (Å²) < 4.78 is 0. The molecule has 0 aromatic heterocycles. The van der Waals surface area contributed by atoms with Gasteiger partial charge in [-0.1, -0.05) is 56.5 Å². The monoisotopic (exact) mass is 212 g/mol. The van der Waals surface area contributed by atoms with Gasteiger partial charge in [0.2, 0.25) is 0 Å². The summed E-state index contributed by atoms with van der Waals surface area (Å²) in [5.41, 5.74) is 4.41. The van der Waals surface area contributed by atoms with Crippen LogP contribution in [-0.4, -0.2) is 6.66 Å². The molecule has 0 saturated heterocycles. The highest BCUT2D eigenvalue weighted by molar-refractivity contribution is 7.64. The topological polar surface area (TPSA) is 0 Å². The van der Waals surface area contributed by atoms with Gasteiger partial charge in [-0.3, -0.25) is 0 Å². The third-order valence-corrected chi connectivity index (χ3v) is 5.06. The molecule has 0 saturated carbocycles. The Hall–Kier alpha value is -1.13. The molecule has 0 N–H and O–H groups in total. The molecule has 0 fully saturated rings. The van der Waals surface area contributed by atoms with Gasteiger partial charge in [-0.05, 0) is 34.8 Å². The predicted octanol–water partition coefficient (Wildman–Crippen LogP) is 3.60. The van der Waals surface area contributed by atoms with Crippen molar-refractivity contribution >= 4 is 13.2 Å². The summed E-state index contributed by atoms with van der Waals surface area (Å²) in [6.07, 6.45) is 1.24. The molecule has 1 heteroatoms. The SMILES string of the molecule is CP1Cc2ccccc2-c2ccccc21. The van der Waals surface area contributed by atoms with Gasteiger partial charge in [0.15, 0.2) is 0 Å². The van der Waals surface area contributed by atoms with E-state index in [-0.39, 0.29) is 7.92 Å². The molecule has 3 rings (SSSR count). The van der Waals surface area contributed by atoms with Crippen LogP contribution in [0.3, 0.4) is 0 Å². The highest BCUT2D eigenvalue weighted by Crippen LogP contribution is 2.44. The van der Waals surface area contributed by atoms with E-state index in [2.05, 4.69) is 55.2 Å². The van der Waals surface area contributed by atoms with Crippen molar-refractivity contribution in [3.63, 3.8) is 0 Å². The summed E-state index contributed by atoms with van der Waals surface area (Å²) in [5, 5.41) is 1.56. The minimum Gasteiger partial charge on any atom is -0.0733 e. The lowest BCUT2D eigenvalue weighted by molar-refractivity contribution is 1.38. The summed E-state index contributed by atoms with van der Waals surface area (Å²) in [7, 11) is 0.00592. The van der Waals surface area contributed by atoms with Gasteiger partial charge in [0.05, 0.1) is 0 Å². The summed E-state index contributed by atoms with van der Waals surface area (Å²) in [5.74, 6) is 0. The van der Waals surface area contributed by atoms with E-state index in [1.54, 1.807) is 5.30 Å². The van der Waals surface area contributed by atoms with E-state index in [4.69, 9.17) is 0 Å². The van der Waals surface area contributed by atoms with Gasteiger partial charge < -0.3 is 0 Å². The second-order valence-corrected chi connectivity index (χ2v) is 6.22. The molecule has 0 radical (unpaired) electrons. The maximum absolute atomic E-state index is 2.38. The molecule has 1 atom stereocenters. The van der Waals surface area contributed by atoms with Crippen LogP contribution in [0.4, 0.5) is 0 Å². The number of rotatable bonds is 0. The van der Waals surface area contributed by atoms with Gasteiger partial charge in [-0.2, -0.15) is 0 Å². The lowest BCUT2D eigenvalue weighted by Crippen LogP contribution is -2.11. The van der Waals surface area contributed by atoms with Crippen molar-refractivity contribution in [2.45, 2.75) is 6.16 Å². The van der Waals surface area contributed by atoms with Gasteiger partial charge in [0.1, 0.15) is 0 Å². The van der Waals surface area contributed by atoms with Gasteiger partial charge in [-0.15, -0.1) is 0 Å². The Balaban J connectivity index is 2.30. The fourth-order valence-electron chi connectivity index (χ4n) is 2.30. The van der Waals surface area contributed by atoms with Crippen molar-refractivity contribution in [3.05, 3.63) is 54.1 Å². The van der Waals surface area contributed by atoms with Gasteiger partial charge in [-0.25, -0.2) is 0 Å². The quantitative estimate of drug-likeness (QED) is 0.585. The fourth-order valence-corrected chi connectivity index (χ4v) is 4.20. The average molecular weight is 212 g/mol. The second kappa shape index (κ2) is 3.47. The molecule has 0 aliphatic carbocycles. The van der Waals surface area contributed by atoms with Crippen LogP contribution >= 0.6 is 7.92 Å². The highest BCUT2D eigenvalue weighted by Gasteiger charge is 2.19. The van der Waals surface area contributed by atoms with Crippen molar-refractivity contribution in [1.29, 1.82) is 0 Å². The Morgan fingerprint density at radius 3 is 2.40 bits per heavy atom. The van der Waals surface area contributed by atoms with Crippen LogP contribution in [0.5, 0.6) is 0 Å². The van der Waals surface area contributed by atoms with E-state index >= 15 is 0 Å². The first-order valence-electron chi connectivity index (χ1n) is 5.25. The maximum atomic E-state index is 2.38. The molecule has 0 bridgehead atoms. The van der Waals surface area contributed by atoms with E-state index in [1.165, 1.54) is 22.9 Å². The third-order valence-electron chi connectivity index (χ3n) is 3.03. The minimum absolute atomic E-state index is 0.00592. The predicted molar refractivity (Wildman–Crippen MR) is 68.1 cm³/mol. The van der Waals surface area contributed by atoms with Crippen LogP contribution in [0.15, 0.2) is 48.5 Å². The molecule has 2 aromatic rings. The van der Waals surface area contributed by atoms with Gasteiger partial charge >= 0.3 is 0 Å². The lowest BCUT2D eigenvalue weighted by Gasteiger charge is -2.25. The van der Waals surface area contributed by atoms with Crippen molar-refractivity contribution < 1.29 is 0 Å². The van der Waals surface area contributed by atoms with Crippen molar-refractivity contribution in [2.75, 3.05) is 6.66 Å². The Bertz CT molecular complexity index is 502. The lowest BCUT2D eigenvalue weighted by atomic mass is 10.0. The third kappa shape index (κ3) is 1.41. The highest BCUT2D eigenvalue weighted by atomic mass is 31.1. The summed E-state index contributed by atoms with van der Waals surface area (Å²) >= 11 is 0. The molecular weight excluding hydrogens is 199 g/mol. The Morgan fingerprint density at radius 1 is 0.867 bits per heavy atom. The first-order chi connectivity index (χ1) is 7.36. The van der Waals surface area contributed by atoms with Crippen molar-refractivity contribution in [3.8, 4) is 11.1 Å². The number of hydrogen-bond acceptors (Lipinski definition) is 0. The van der Waals surface area contributed by atoms with E-state index in [0.29, 0.717) is 0 Å². The largest absolute Gasteiger partial charge is 0.0733 e. The smallest absolute Gasteiger partial charge is 0.00289 e. The Labute approximate surface area is 91.7 Å². The van der Waals surface area contributed by atoms with Crippen molar-refractivity contribution in [2.24, 2.45) is 0 Å². The maximum Gasteiger partial charge on any atom is -0.00289 e. The number of fused-ring (bicyclic) bond motifs is 3. The molecule has 0 amide bonds. The summed E-state index contributed by atoms with van der Waals surface area (Å²) in [6, 6.07) is 17.6. The molecule has 15 heavy (non-hydrogen) atoms. The molecule has 1 unspecified atom stereocenters. The fraction of sp³-hybridized carbons (Fsp3) is 0.143. The van der Waals surface area contributed by atoms with E-state index in [1.807, 2.05) is 0 Å². The number of hydrogen-bond donors (Lipinski definition) is 0. The molecular formula is C14H13P. The van der Waals surface area contributed by atoms with Crippen LogP contribution in [0.25, 0.3) is 11.1 Å². The van der Waals surface area contributed by atoms with E-state index in [0.717, 1.165) is 0 Å². The van der Waals surface area contributed by atoms with E-state index < -0.39 is 0 Å². The molecule has 0 spiro atoms. The van der Waals surface area contributed by atoms with Crippen molar-refractivity contribution in [1.82, 2.24) is 0 Å². The van der Waals surface area contributed by atoms with Gasteiger partial charge in [0.25, 0.3) is 0 Å².